The van der Waals surface area contributed by atoms with E-state index in [1.165, 1.54) is 9.47 Å². The standard InChI is InChI=1S/C27H32FN3O5/c1-5-30(6-2)24(33)15-20(23(32)16-28)29-26(34)25(17(3)4)36-27(35)31-21-13-9-7-11-18(21)19-12-8-10-14-22(19)31/h7-14,17,20,25H,5-6,15-16H2,1-4H3,(H,29,34)/t20?,25-/m0/s1. The number of para-hydroxylation sites is 2. The van der Waals surface area contributed by atoms with Crippen molar-refractivity contribution in [1.82, 2.24) is 14.8 Å². The number of carbonyl (C=O) groups excluding carboxylic acids is 4. The van der Waals surface area contributed by atoms with Gasteiger partial charge in [0.05, 0.1) is 23.5 Å². The highest BCUT2D eigenvalue weighted by atomic mass is 19.1. The lowest BCUT2D eigenvalue weighted by molar-refractivity contribution is -0.138. The number of amides is 2. The zero-order valence-corrected chi connectivity index (χ0v) is 21.0. The van der Waals surface area contributed by atoms with E-state index in [4.69, 9.17) is 4.74 Å². The number of ether oxygens (including phenoxy) is 1. The maximum atomic E-state index is 13.3. The Balaban J connectivity index is 1.86. The van der Waals surface area contributed by atoms with E-state index < -0.39 is 42.5 Å². The number of rotatable bonds is 10. The number of aromatic nitrogens is 1. The first-order valence-corrected chi connectivity index (χ1v) is 12.1. The number of ketones is 1. The summed E-state index contributed by atoms with van der Waals surface area (Å²) in [5.41, 5.74) is 1.25. The van der Waals surface area contributed by atoms with E-state index >= 15 is 0 Å². The third kappa shape index (κ3) is 5.56. The number of fused-ring (bicyclic) bond motifs is 3. The second kappa shape index (κ2) is 11.8. The first kappa shape index (κ1) is 26.8. The van der Waals surface area contributed by atoms with Gasteiger partial charge in [-0.05, 0) is 31.9 Å². The van der Waals surface area contributed by atoms with Gasteiger partial charge in [0.15, 0.2) is 11.9 Å². The summed E-state index contributed by atoms with van der Waals surface area (Å²) in [7, 11) is 0. The average molecular weight is 498 g/mol. The fraction of sp³-hybridized carbons (Fsp3) is 0.407. The van der Waals surface area contributed by atoms with Gasteiger partial charge in [0.1, 0.15) is 6.67 Å². The van der Waals surface area contributed by atoms with Gasteiger partial charge in [0.2, 0.25) is 5.91 Å². The van der Waals surface area contributed by atoms with Crippen molar-refractivity contribution in [3.8, 4) is 0 Å². The van der Waals surface area contributed by atoms with E-state index in [0.717, 1.165) is 10.8 Å². The van der Waals surface area contributed by atoms with Crippen LogP contribution in [-0.4, -0.2) is 65.1 Å². The van der Waals surface area contributed by atoms with E-state index in [1.54, 1.807) is 52.0 Å². The topological polar surface area (TPSA) is 97.7 Å². The summed E-state index contributed by atoms with van der Waals surface area (Å²) in [6.07, 6.45) is -2.40. The first-order chi connectivity index (χ1) is 17.2. The smallest absolute Gasteiger partial charge is 0.419 e. The molecule has 0 radical (unpaired) electrons. The summed E-state index contributed by atoms with van der Waals surface area (Å²) < 4.78 is 20.3. The fourth-order valence-electron chi connectivity index (χ4n) is 4.25. The lowest BCUT2D eigenvalue weighted by Crippen LogP contribution is -2.51. The Hall–Kier alpha value is -3.75. The lowest BCUT2D eigenvalue weighted by Gasteiger charge is -2.25. The van der Waals surface area contributed by atoms with E-state index in [0.29, 0.717) is 24.1 Å². The highest BCUT2D eigenvalue weighted by Crippen LogP contribution is 2.29. The first-order valence-electron chi connectivity index (χ1n) is 12.1. The van der Waals surface area contributed by atoms with Crippen LogP contribution in [0.2, 0.25) is 0 Å². The minimum atomic E-state index is -1.36. The van der Waals surface area contributed by atoms with Crippen molar-refractivity contribution in [3.05, 3.63) is 48.5 Å². The molecule has 1 heterocycles. The predicted molar refractivity (Wildman–Crippen MR) is 135 cm³/mol. The molecule has 0 aliphatic heterocycles. The van der Waals surface area contributed by atoms with Gasteiger partial charge in [-0.2, -0.15) is 0 Å². The third-order valence-corrected chi connectivity index (χ3v) is 6.19. The molecule has 2 atom stereocenters. The van der Waals surface area contributed by atoms with Gasteiger partial charge in [-0.3, -0.25) is 14.4 Å². The van der Waals surface area contributed by atoms with Crippen molar-refractivity contribution in [2.24, 2.45) is 5.92 Å². The maximum absolute atomic E-state index is 13.3. The molecule has 0 saturated carbocycles. The number of carbonyl (C=O) groups is 4. The van der Waals surface area contributed by atoms with Crippen molar-refractivity contribution in [2.45, 2.75) is 46.3 Å². The molecule has 8 nitrogen and oxygen atoms in total. The van der Waals surface area contributed by atoms with Crippen LogP contribution in [0, 0.1) is 5.92 Å². The zero-order chi connectivity index (χ0) is 26.4. The van der Waals surface area contributed by atoms with Gasteiger partial charge in [0.25, 0.3) is 5.91 Å². The van der Waals surface area contributed by atoms with Gasteiger partial charge in [-0.15, -0.1) is 0 Å². The number of halogens is 1. The molecule has 2 aromatic carbocycles. The molecule has 192 valence electrons. The van der Waals surface area contributed by atoms with Gasteiger partial charge < -0.3 is 15.0 Å². The largest absolute Gasteiger partial charge is 0.435 e. The molecule has 1 aromatic heterocycles. The molecule has 3 rings (SSSR count). The van der Waals surface area contributed by atoms with Gasteiger partial charge >= 0.3 is 6.09 Å². The van der Waals surface area contributed by atoms with Crippen LogP contribution in [0.4, 0.5) is 9.18 Å². The second-order valence-corrected chi connectivity index (χ2v) is 8.85. The SMILES string of the molecule is CCN(CC)C(=O)CC(NC(=O)[C@@H](OC(=O)n1c2ccccc2c2ccccc21)C(C)C)C(=O)CF. The van der Waals surface area contributed by atoms with Gasteiger partial charge in [-0.1, -0.05) is 50.2 Å². The number of nitrogens with one attached hydrogen (secondary N) is 1. The molecule has 0 saturated heterocycles. The Morgan fingerprint density at radius 2 is 1.47 bits per heavy atom. The Morgan fingerprint density at radius 1 is 0.944 bits per heavy atom. The third-order valence-electron chi connectivity index (χ3n) is 6.19. The highest BCUT2D eigenvalue weighted by molar-refractivity contribution is 6.12. The van der Waals surface area contributed by atoms with Crippen molar-refractivity contribution in [1.29, 1.82) is 0 Å². The van der Waals surface area contributed by atoms with Crippen molar-refractivity contribution in [2.75, 3.05) is 19.8 Å². The van der Waals surface area contributed by atoms with E-state index in [1.807, 2.05) is 24.3 Å². The Labute approximate surface area is 209 Å². The van der Waals surface area contributed by atoms with Crippen LogP contribution in [0.1, 0.15) is 34.1 Å². The number of Topliss-reactive ketones (excluding diaryl/α,β-unsaturated/α-hetero) is 1. The predicted octanol–water partition coefficient (Wildman–Crippen LogP) is 4.09. The van der Waals surface area contributed by atoms with Crippen molar-refractivity contribution < 1.29 is 28.3 Å². The van der Waals surface area contributed by atoms with Crippen LogP contribution < -0.4 is 5.32 Å². The van der Waals surface area contributed by atoms with E-state index in [9.17, 15) is 23.6 Å². The lowest BCUT2D eigenvalue weighted by atomic mass is 10.0. The van der Waals surface area contributed by atoms with Crippen LogP contribution >= 0.6 is 0 Å². The van der Waals surface area contributed by atoms with Crippen LogP contribution in [0.3, 0.4) is 0 Å². The normalized spacial score (nSPS) is 12.9. The van der Waals surface area contributed by atoms with Crippen molar-refractivity contribution in [3.63, 3.8) is 0 Å². The summed E-state index contributed by atoms with van der Waals surface area (Å²) in [4.78, 5) is 52.7. The molecule has 1 N–H and O–H groups in total. The number of hydrogen-bond donors (Lipinski definition) is 1. The summed E-state index contributed by atoms with van der Waals surface area (Å²) in [6.45, 7) is 6.47. The monoisotopic (exact) mass is 497 g/mol. The quantitative estimate of drug-likeness (QED) is 0.455. The Bertz CT molecular complexity index is 1210. The fourth-order valence-corrected chi connectivity index (χ4v) is 4.25. The average Bonchev–Trinajstić information content (AvgIpc) is 3.21. The number of hydrogen-bond acceptors (Lipinski definition) is 5. The molecule has 0 fully saturated rings. The minimum absolute atomic E-state index is 0.373. The van der Waals surface area contributed by atoms with Crippen molar-refractivity contribution >= 4 is 45.5 Å². The molecule has 3 aromatic rings. The molecule has 0 bridgehead atoms. The number of benzene rings is 2. The molecular formula is C27H32FN3O5. The molecule has 0 spiro atoms. The molecule has 0 aliphatic carbocycles. The maximum Gasteiger partial charge on any atom is 0.419 e. The van der Waals surface area contributed by atoms with E-state index in [2.05, 4.69) is 5.32 Å². The number of nitrogens with zero attached hydrogens (tertiary/aromatic N) is 2. The molecule has 0 aliphatic rings. The Kier molecular flexibility index (Phi) is 8.79. The summed E-state index contributed by atoms with van der Waals surface area (Å²) in [6, 6.07) is 13.4. The minimum Gasteiger partial charge on any atom is -0.435 e. The van der Waals surface area contributed by atoms with Crippen LogP contribution in [0.5, 0.6) is 0 Å². The summed E-state index contributed by atoms with van der Waals surface area (Å²) >= 11 is 0. The van der Waals surface area contributed by atoms with Crippen LogP contribution in [-0.2, 0) is 19.1 Å². The Morgan fingerprint density at radius 3 is 1.94 bits per heavy atom. The van der Waals surface area contributed by atoms with E-state index in [-0.39, 0.29) is 12.3 Å². The number of alkyl halides is 1. The molecule has 36 heavy (non-hydrogen) atoms. The van der Waals surface area contributed by atoms with Gasteiger partial charge in [-0.25, -0.2) is 13.8 Å². The molecule has 2 amide bonds. The van der Waals surface area contributed by atoms with Crippen LogP contribution in [0.15, 0.2) is 48.5 Å². The summed E-state index contributed by atoms with van der Waals surface area (Å²) in [5.74, 6) is -2.52. The van der Waals surface area contributed by atoms with Crippen LogP contribution in [0.25, 0.3) is 21.8 Å². The van der Waals surface area contributed by atoms with Gasteiger partial charge in [0, 0.05) is 23.9 Å². The molecular weight excluding hydrogens is 465 g/mol. The zero-order valence-electron chi connectivity index (χ0n) is 21.0. The second-order valence-electron chi connectivity index (χ2n) is 8.85. The molecule has 1 unspecified atom stereocenters. The molecule has 9 heteroatoms. The summed E-state index contributed by atoms with van der Waals surface area (Å²) in [5, 5.41) is 4.17. The highest BCUT2D eigenvalue weighted by Gasteiger charge is 2.33.